The normalized spacial score (nSPS) is 16.1. The maximum atomic E-state index is 15.4. The van der Waals surface area contributed by atoms with Gasteiger partial charge in [0.2, 0.25) is 0 Å². The summed E-state index contributed by atoms with van der Waals surface area (Å²) in [4.78, 5) is 12.3. The summed E-state index contributed by atoms with van der Waals surface area (Å²) in [5.41, 5.74) is 4.45. The predicted octanol–water partition coefficient (Wildman–Crippen LogP) is 8.00. The first-order chi connectivity index (χ1) is 16.4. The molecule has 0 N–H and O–H groups in total. The minimum Gasteiger partial charge on any atom is -0.423 e. The molecule has 4 heteroatoms. The van der Waals surface area contributed by atoms with Gasteiger partial charge in [-0.15, -0.1) is 0 Å². The molecular formula is C30H32F2O2. The second-order valence-electron chi connectivity index (χ2n) is 9.33. The van der Waals surface area contributed by atoms with Crippen LogP contribution in [0.15, 0.2) is 54.6 Å². The fourth-order valence-electron chi connectivity index (χ4n) is 4.79. The molecule has 4 rings (SSSR count). The molecule has 2 atom stereocenters. The van der Waals surface area contributed by atoms with Crippen LogP contribution < -0.4 is 4.74 Å². The summed E-state index contributed by atoms with van der Waals surface area (Å²) >= 11 is 0. The van der Waals surface area contributed by atoms with Crippen molar-refractivity contribution in [3.05, 3.63) is 88.5 Å². The second-order valence-corrected chi connectivity index (χ2v) is 9.33. The van der Waals surface area contributed by atoms with Gasteiger partial charge in [0.05, 0.1) is 5.92 Å². The van der Waals surface area contributed by atoms with Crippen molar-refractivity contribution in [1.29, 1.82) is 0 Å². The van der Waals surface area contributed by atoms with E-state index >= 15 is 8.78 Å². The molecule has 0 aromatic heterocycles. The molecule has 0 bridgehead atoms. The summed E-state index contributed by atoms with van der Waals surface area (Å²) in [7, 11) is 0. The third kappa shape index (κ3) is 4.91. The summed E-state index contributed by atoms with van der Waals surface area (Å²) in [5.74, 6) is -2.08. The molecule has 1 aliphatic heterocycles. The number of ether oxygens (including phenoxy) is 1. The summed E-state index contributed by atoms with van der Waals surface area (Å²) in [6.07, 6.45) is 5.41. The van der Waals surface area contributed by atoms with E-state index in [0.717, 1.165) is 43.2 Å². The Morgan fingerprint density at radius 3 is 2.32 bits per heavy atom. The Kier molecular flexibility index (Phi) is 7.45. The minimum absolute atomic E-state index is 0.00175. The molecule has 0 radical (unpaired) electrons. The number of unbranched alkanes of at least 4 members (excludes halogenated alkanes) is 1. The van der Waals surface area contributed by atoms with Gasteiger partial charge in [0.25, 0.3) is 0 Å². The molecule has 34 heavy (non-hydrogen) atoms. The van der Waals surface area contributed by atoms with Gasteiger partial charge >= 0.3 is 5.97 Å². The van der Waals surface area contributed by atoms with Crippen molar-refractivity contribution in [2.45, 2.75) is 65.2 Å². The molecule has 3 aromatic carbocycles. The van der Waals surface area contributed by atoms with Gasteiger partial charge in [-0.2, -0.15) is 0 Å². The third-order valence-electron chi connectivity index (χ3n) is 6.89. The second kappa shape index (κ2) is 10.5. The number of carbonyl (C=O) groups excluding carboxylic acids is 1. The van der Waals surface area contributed by atoms with Gasteiger partial charge in [0, 0.05) is 5.92 Å². The van der Waals surface area contributed by atoms with Crippen LogP contribution in [0.2, 0.25) is 0 Å². The van der Waals surface area contributed by atoms with Crippen LogP contribution in [0.1, 0.15) is 74.6 Å². The largest absolute Gasteiger partial charge is 0.423 e. The van der Waals surface area contributed by atoms with Crippen LogP contribution in [-0.2, 0) is 17.6 Å². The van der Waals surface area contributed by atoms with Crippen LogP contribution in [0.25, 0.3) is 11.1 Å². The molecule has 1 aliphatic rings. The number of fused-ring (bicyclic) bond motifs is 1. The van der Waals surface area contributed by atoms with Gasteiger partial charge in [-0.25, -0.2) is 8.78 Å². The van der Waals surface area contributed by atoms with Crippen LogP contribution in [0.3, 0.4) is 0 Å². The molecule has 0 fully saturated rings. The predicted molar refractivity (Wildman–Crippen MR) is 132 cm³/mol. The lowest BCUT2D eigenvalue weighted by molar-refractivity contribution is -0.140. The van der Waals surface area contributed by atoms with Gasteiger partial charge in [-0.1, -0.05) is 82.1 Å². The van der Waals surface area contributed by atoms with E-state index in [4.69, 9.17) is 4.74 Å². The van der Waals surface area contributed by atoms with Crippen molar-refractivity contribution in [3.63, 3.8) is 0 Å². The topological polar surface area (TPSA) is 26.3 Å². The monoisotopic (exact) mass is 462 g/mol. The highest BCUT2D eigenvalue weighted by atomic mass is 19.1. The van der Waals surface area contributed by atoms with E-state index in [2.05, 4.69) is 19.1 Å². The van der Waals surface area contributed by atoms with Crippen molar-refractivity contribution in [2.24, 2.45) is 5.92 Å². The molecule has 2 nitrogen and oxygen atoms in total. The van der Waals surface area contributed by atoms with E-state index < -0.39 is 11.7 Å². The quantitative estimate of drug-likeness (QED) is 0.250. The zero-order valence-electron chi connectivity index (χ0n) is 20.2. The van der Waals surface area contributed by atoms with Gasteiger partial charge < -0.3 is 4.74 Å². The van der Waals surface area contributed by atoms with Crippen LogP contribution in [0, 0.1) is 17.6 Å². The van der Waals surface area contributed by atoms with E-state index in [1.165, 1.54) is 11.6 Å². The summed E-state index contributed by atoms with van der Waals surface area (Å²) in [6.45, 7) is 5.96. The Hall–Kier alpha value is -3.01. The third-order valence-corrected chi connectivity index (χ3v) is 6.89. The van der Waals surface area contributed by atoms with Crippen LogP contribution >= 0.6 is 0 Å². The zero-order chi connectivity index (χ0) is 24.2. The van der Waals surface area contributed by atoms with Gasteiger partial charge in [0.15, 0.2) is 11.6 Å². The first kappa shape index (κ1) is 24.1. The highest BCUT2D eigenvalue weighted by Gasteiger charge is 2.31. The number of hydrogen-bond donors (Lipinski definition) is 0. The number of esters is 1. The lowest BCUT2D eigenvalue weighted by atomic mass is 9.87. The number of benzene rings is 3. The van der Waals surface area contributed by atoms with Crippen LogP contribution in [0.5, 0.6) is 5.75 Å². The maximum absolute atomic E-state index is 15.4. The first-order valence-corrected chi connectivity index (χ1v) is 12.3. The minimum atomic E-state index is -0.570. The van der Waals surface area contributed by atoms with E-state index in [1.54, 1.807) is 19.1 Å². The van der Waals surface area contributed by atoms with Crippen molar-refractivity contribution in [1.82, 2.24) is 0 Å². The Bertz CT molecular complexity index is 1170. The average molecular weight is 463 g/mol. The van der Waals surface area contributed by atoms with Crippen molar-refractivity contribution >= 4 is 5.97 Å². The highest BCUT2D eigenvalue weighted by Crippen LogP contribution is 2.38. The number of carbonyl (C=O) groups is 1. The summed E-state index contributed by atoms with van der Waals surface area (Å²) < 4.78 is 35.9. The van der Waals surface area contributed by atoms with E-state index in [-0.39, 0.29) is 23.5 Å². The van der Waals surface area contributed by atoms with E-state index in [1.807, 2.05) is 31.2 Å². The average Bonchev–Trinajstić information content (AvgIpc) is 2.84. The first-order valence-electron chi connectivity index (χ1n) is 12.3. The van der Waals surface area contributed by atoms with Crippen LogP contribution in [0.4, 0.5) is 8.78 Å². The fraction of sp³-hybridized carbons (Fsp3) is 0.367. The molecular weight excluding hydrogens is 430 g/mol. The lowest BCUT2D eigenvalue weighted by Crippen LogP contribution is -2.28. The zero-order valence-corrected chi connectivity index (χ0v) is 20.2. The molecule has 0 amide bonds. The summed E-state index contributed by atoms with van der Waals surface area (Å²) in [5, 5.41) is 0. The maximum Gasteiger partial charge on any atom is 0.314 e. The van der Waals surface area contributed by atoms with Crippen LogP contribution in [-0.4, -0.2) is 5.97 Å². The van der Waals surface area contributed by atoms with Gasteiger partial charge in [0.1, 0.15) is 5.82 Å². The van der Waals surface area contributed by atoms with Gasteiger partial charge in [-0.3, -0.25) is 4.79 Å². The smallest absolute Gasteiger partial charge is 0.314 e. The van der Waals surface area contributed by atoms with Gasteiger partial charge in [-0.05, 0) is 65.1 Å². The molecule has 178 valence electrons. The lowest BCUT2D eigenvalue weighted by Gasteiger charge is -2.25. The van der Waals surface area contributed by atoms with E-state index in [9.17, 15) is 4.79 Å². The molecule has 0 saturated carbocycles. The number of halogens is 2. The molecule has 0 aliphatic carbocycles. The Morgan fingerprint density at radius 2 is 1.65 bits per heavy atom. The fourth-order valence-corrected chi connectivity index (χ4v) is 4.79. The van der Waals surface area contributed by atoms with Crippen molar-refractivity contribution in [3.8, 4) is 16.9 Å². The number of rotatable bonds is 8. The number of aryl methyl sites for hydroxylation is 1. The Balaban J connectivity index is 1.57. The Morgan fingerprint density at radius 1 is 0.941 bits per heavy atom. The molecule has 0 saturated heterocycles. The van der Waals surface area contributed by atoms with Crippen molar-refractivity contribution < 1.29 is 18.3 Å². The molecule has 2 unspecified atom stereocenters. The molecule has 3 aromatic rings. The standard InChI is InChI=1S/C30H32F2O2/c1-4-6-8-20-9-11-21(12-10-20)22-13-15-25(27(31)18-22)19(3)26-16-14-23-17-24(7-5-2)30(33)34-29(23)28(26)32/h9-16,18-19,24H,4-8,17H2,1-3H3. The number of hydrogen-bond acceptors (Lipinski definition) is 2. The molecule has 0 spiro atoms. The molecule has 1 heterocycles. The van der Waals surface area contributed by atoms with E-state index in [0.29, 0.717) is 23.1 Å². The Labute approximate surface area is 201 Å². The highest BCUT2D eigenvalue weighted by molar-refractivity contribution is 5.78. The SMILES string of the molecule is CCCCc1ccc(-c2ccc(C(C)c3ccc4c(c3F)OC(=O)C(CCC)C4)c(F)c2)cc1. The van der Waals surface area contributed by atoms with Crippen molar-refractivity contribution in [2.75, 3.05) is 0 Å². The summed E-state index contributed by atoms with van der Waals surface area (Å²) in [6, 6.07) is 16.8.